The van der Waals surface area contributed by atoms with Crippen molar-refractivity contribution in [2.75, 3.05) is 0 Å². The molecule has 0 radical (unpaired) electrons. The van der Waals surface area contributed by atoms with Crippen molar-refractivity contribution in [1.82, 2.24) is 0 Å². The molecule has 14 heavy (non-hydrogen) atoms. The van der Waals surface area contributed by atoms with E-state index in [0.29, 0.717) is 0 Å². The summed E-state index contributed by atoms with van der Waals surface area (Å²) in [4.78, 5) is 0. The highest BCUT2D eigenvalue weighted by Gasteiger charge is 2.23. The third kappa shape index (κ3) is 2.33. The zero-order valence-corrected chi connectivity index (χ0v) is 11.6. The fourth-order valence-electron chi connectivity index (χ4n) is 1.56. The standard InChI is InChI=1S/C11H16Cl2Si/c1-5-8-6-7-9(12)11(10(8)13)14(2,3)4/h6-7H,5H2,1-4H3. The first kappa shape index (κ1) is 12.1. The van der Waals surface area contributed by atoms with Gasteiger partial charge in [-0.25, -0.2) is 0 Å². The second-order valence-corrected chi connectivity index (χ2v) is 10.3. The van der Waals surface area contributed by atoms with Gasteiger partial charge in [-0.1, -0.05) is 55.8 Å². The fourth-order valence-corrected chi connectivity index (χ4v) is 5.38. The second kappa shape index (κ2) is 4.26. The molecule has 0 amide bonds. The van der Waals surface area contributed by atoms with Crippen molar-refractivity contribution in [1.29, 1.82) is 0 Å². The molecule has 0 saturated carbocycles. The smallest absolute Gasteiger partial charge is 0.0815 e. The SMILES string of the molecule is CCc1ccc(Cl)c([Si](C)(C)C)c1Cl. The Labute approximate surface area is 97.2 Å². The van der Waals surface area contributed by atoms with Crippen molar-refractivity contribution in [3.63, 3.8) is 0 Å². The van der Waals surface area contributed by atoms with Crippen LogP contribution < -0.4 is 5.19 Å². The molecule has 0 spiro atoms. The molecule has 0 aliphatic rings. The summed E-state index contributed by atoms with van der Waals surface area (Å²) in [5.74, 6) is 0. The monoisotopic (exact) mass is 246 g/mol. The minimum absolute atomic E-state index is 0.825. The van der Waals surface area contributed by atoms with Gasteiger partial charge >= 0.3 is 0 Å². The molecule has 1 aromatic rings. The molecule has 0 saturated heterocycles. The van der Waals surface area contributed by atoms with E-state index in [9.17, 15) is 0 Å². The van der Waals surface area contributed by atoms with Crippen LogP contribution in [0.4, 0.5) is 0 Å². The quantitative estimate of drug-likeness (QED) is 0.690. The van der Waals surface area contributed by atoms with Crippen molar-refractivity contribution in [3.05, 3.63) is 27.7 Å². The van der Waals surface area contributed by atoms with E-state index in [-0.39, 0.29) is 0 Å². The van der Waals surface area contributed by atoms with E-state index in [2.05, 4.69) is 26.6 Å². The molecule has 78 valence electrons. The van der Waals surface area contributed by atoms with Gasteiger partial charge in [-0.2, -0.15) is 0 Å². The molecule has 0 aliphatic carbocycles. The summed E-state index contributed by atoms with van der Waals surface area (Å²) >= 11 is 12.5. The number of benzene rings is 1. The topological polar surface area (TPSA) is 0 Å². The lowest BCUT2D eigenvalue weighted by Crippen LogP contribution is -2.39. The van der Waals surface area contributed by atoms with Crippen LogP contribution in [0.5, 0.6) is 0 Å². The zero-order chi connectivity index (χ0) is 10.9. The minimum Gasteiger partial charge on any atom is -0.0844 e. The van der Waals surface area contributed by atoms with E-state index in [0.717, 1.165) is 16.5 Å². The van der Waals surface area contributed by atoms with Crippen molar-refractivity contribution < 1.29 is 0 Å². The highest BCUT2D eigenvalue weighted by atomic mass is 35.5. The normalized spacial score (nSPS) is 11.9. The molecule has 0 unspecified atom stereocenters. The minimum atomic E-state index is -1.43. The molecule has 0 bridgehead atoms. The van der Waals surface area contributed by atoms with Crippen LogP contribution in [0.2, 0.25) is 29.7 Å². The van der Waals surface area contributed by atoms with Gasteiger partial charge < -0.3 is 0 Å². The number of hydrogen-bond acceptors (Lipinski definition) is 0. The van der Waals surface area contributed by atoms with Crippen LogP contribution in [0.15, 0.2) is 12.1 Å². The Morgan fingerprint density at radius 3 is 2.14 bits per heavy atom. The lowest BCUT2D eigenvalue weighted by Gasteiger charge is -2.21. The maximum Gasteiger partial charge on any atom is 0.0815 e. The lowest BCUT2D eigenvalue weighted by molar-refractivity contribution is 1.14. The first-order chi connectivity index (χ1) is 6.38. The van der Waals surface area contributed by atoms with Gasteiger partial charge in [0, 0.05) is 10.0 Å². The van der Waals surface area contributed by atoms with Crippen LogP contribution >= 0.6 is 23.2 Å². The van der Waals surface area contributed by atoms with Gasteiger partial charge in [-0.15, -0.1) is 0 Å². The molecule has 0 nitrogen and oxygen atoms in total. The summed E-state index contributed by atoms with van der Waals surface area (Å²) in [6.07, 6.45) is 0.966. The highest BCUT2D eigenvalue weighted by Crippen LogP contribution is 2.23. The molecule has 3 heteroatoms. The van der Waals surface area contributed by atoms with Crippen molar-refractivity contribution in [2.45, 2.75) is 33.0 Å². The predicted octanol–water partition coefficient (Wildman–Crippen LogP) is 4.10. The summed E-state index contributed by atoms with van der Waals surface area (Å²) in [6, 6.07) is 3.99. The molecule has 0 atom stereocenters. The summed E-state index contributed by atoms with van der Waals surface area (Å²) in [5, 5.41) is 2.91. The average Bonchev–Trinajstić information content (AvgIpc) is 2.02. The van der Waals surface area contributed by atoms with E-state index in [1.165, 1.54) is 10.8 Å². The Bertz CT molecular complexity index is 340. The first-order valence-corrected chi connectivity index (χ1v) is 9.11. The van der Waals surface area contributed by atoms with Crippen molar-refractivity contribution in [2.24, 2.45) is 0 Å². The van der Waals surface area contributed by atoms with Gasteiger partial charge in [0.25, 0.3) is 0 Å². The molecule has 1 rings (SSSR count). The van der Waals surface area contributed by atoms with Gasteiger partial charge in [0.05, 0.1) is 8.07 Å². The number of rotatable bonds is 2. The van der Waals surface area contributed by atoms with E-state index >= 15 is 0 Å². The van der Waals surface area contributed by atoms with Gasteiger partial charge in [-0.3, -0.25) is 0 Å². The number of halogens is 2. The Balaban J connectivity index is 3.40. The second-order valence-electron chi connectivity index (χ2n) is 4.50. The molecule has 0 aliphatic heterocycles. The van der Waals surface area contributed by atoms with Crippen LogP contribution in [0.1, 0.15) is 12.5 Å². The highest BCUT2D eigenvalue weighted by molar-refractivity contribution is 6.91. The Morgan fingerprint density at radius 2 is 1.71 bits per heavy atom. The predicted molar refractivity (Wildman–Crippen MR) is 68.8 cm³/mol. The van der Waals surface area contributed by atoms with Crippen molar-refractivity contribution >= 4 is 36.5 Å². The van der Waals surface area contributed by atoms with E-state index in [1.54, 1.807) is 0 Å². The van der Waals surface area contributed by atoms with Gasteiger partial charge in [-0.05, 0) is 23.2 Å². The molecule has 0 heterocycles. The molecule has 0 fully saturated rings. The van der Waals surface area contributed by atoms with E-state index in [1.807, 2.05) is 12.1 Å². The third-order valence-corrected chi connectivity index (χ3v) is 5.38. The lowest BCUT2D eigenvalue weighted by atomic mass is 10.2. The zero-order valence-electron chi connectivity index (χ0n) is 9.12. The van der Waals surface area contributed by atoms with E-state index in [4.69, 9.17) is 23.2 Å². The molecule has 0 aromatic heterocycles. The largest absolute Gasteiger partial charge is 0.0844 e. The van der Waals surface area contributed by atoms with Gasteiger partial charge in [0.1, 0.15) is 0 Å². The summed E-state index contributed by atoms with van der Waals surface area (Å²) < 4.78 is 0. The molecule has 0 N–H and O–H groups in total. The molecular formula is C11H16Cl2Si. The van der Waals surface area contributed by atoms with Crippen LogP contribution in [0.25, 0.3) is 0 Å². The summed E-state index contributed by atoms with van der Waals surface area (Å²) in [6.45, 7) is 8.90. The van der Waals surface area contributed by atoms with Crippen LogP contribution in [-0.4, -0.2) is 8.07 Å². The van der Waals surface area contributed by atoms with Crippen molar-refractivity contribution in [3.8, 4) is 0 Å². The Hall–Kier alpha value is 0.0169. The van der Waals surface area contributed by atoms with E-state index < -0.39 is 8.07 Å². The molecular weight excluding hydrogens is 231 g/mol. The van der Waals surface area contributed by atoms with Crippen LogP contribution in [0, 0.1) is 0 Å². The average molecular weight is 247 g/mol. The maximum atomic E-state index is 6.35. The summed E-state index contributed by atoms with van der Waals surface area (Å²) in [5.41, 5.74) is 1.20. The Morgan fingerprint density at radius 1 is 1.14 bits per heavy atom. The Kier molecular flexibility index (Phi) is 3.67. The first-order valence-electron chi connectivity index (χ1n) is 4.85. The number of aryl methyl sites for hydroxylation is 1. The van der Waals surface area contributed by atoms with Gasteiger partial charge in [0.15, 0.2) is 0 Å². The molecule has 1 aromatic carbocycles. The van der Waals surface area contributed by atoms with Crippen LogP contribution in [0.3, 0.4) is 0 Å². The number of hydrogen-bond donors (Lipinski definition) is 0. The van der Waals surface area contributed by atoms with Crippen LogP contribution in [-0.2, 0) is 6.42 Å². The van der Waals surface area contributed by atoms with Gasteiger partial charge in [0.2, 0.25) is 0 Å². The fraction of sp³-hybridized carbons (Fsp3) is 0.455. The maximum absolute atomic E-state index is 6.35. The third-order valence-electron chi connectivity index (χ3n) is 2.30. The summed E-state index contributed by atoms with van der Waals surface area (Å²) in [7, 11) is -1.43.